The molecular weight excluding hydrogens is 981 g/mol. The molecule has 0 amide bonds. The van der Waals surface area contributed by atoms with Crippen molar-refractivity contribution in [1.82, 2.24) is 0 Å². The summed E-state index contributed by atoms with van der Waals surface area (Å²) < 4.78 is 61.3. The molecule has 23 nitrogen and oxygen atoms in total. The van der Waals surface area contributed by atoms with Gasteiger partial charge in [0, 0.05) is 11.8 Å². The molecule has 6 aliphatic heterocycles. The third-order valence-corrected chi connectivity index (χ3v) is 19.9. The van der Waals surface area contributed by atoms with Gasteiger partial charge in [0.05, 0.1) is 37.6 Å². The van der Waals surface area contributed by atoms with Gasteiger partial charge in [0.15, 0.2) is 37.2 Å². The van der Waals surface area contributed by atoms with Crippen LogP contribution in [0.1, 0.15) is 92.9 Å². The Kier molecular flexibility index (Phi) is 16.0. The third kappa shape index (κ3) is 9.29. The van der Waals surface area contributed by atoms with E-state index in [2.05, 4.69) is 19.9 Å². The summed E-state index contributed by atoms with van der Waals surface area (Å²) in [7, 11) is 0. The lowest BCUT2D eigenvalue weighted by Crippen LogP contribution is -2.66. The van der Waals surface area contributed by atoms with Gasteiger partial charge in [0.2, 0.25) is 0 Å². The van der Waals surface area contributed by atoms with Crippen molar-refractivity contribution < 1.29 is 114 Å². The van der Waals surface area contributed by atoms with Crippen LogP contribution in [0, 0.1) is 46.3 Å². The number of ether oxygens (including phenoxy) is 10. The molecule has 10 rings (SSSR count). The van der Waals surface area contributed by atoms with E-state index in [4.69, 9.17) is 47.4 Å². The fraction of sp³-hybridized carbons (Fsp3) is 0.961. The summed E-state index contributed by atoms with van der Waals surface area (Å²) >= 11 is 0. The van der Waals surface area contributed by atoms with E-state index in [9.17, 15) is 66.4 Å². The van der Waals surface area contributed by atoms with Crippen molar-refractivity contribution in [1.29, 1.82) is 0 Å². The molecule has 23 heteroatoms. The van der Waals surface area contributed by atoms with E-state index in [1.807, 2.05) is 13.8 Å². The van der Waals surface area contributed by atoms with Crippen LogP contribution in [0.25, 0.3) is 0 Å². The van der Waals surface area contributed by atoms with Gasteiger partial charge in [-0.3, -0.25) is 0 Å². The van der Waals surface area contributed by atoms with Crippen molar-refractivity contribution in [3.05, 3.63) is 11.6 Å². The van der Waals surface area contributed by atoms with Gasteiger partial charge in [-0.05, 0) is 99.7 Å². The Morgan fingerprint density at radius 1 is 0.568 bits per heavy atom. The highest BCUT2D eigenvalue weighted by Crippen LogP contribution is 2.70. The van der Waals surface area contributed by atoms with Gasteiger partial charge in [0.1, 0.15) is 91.6 Å². The van der Waals surface area contributed by atoms with Gasteiger partial charge in [0.25, 0.3) is 0 Å². The second-order valence-electron chi connectivity index (χ2n) is 24.1. The van der Waals surface area contributed by atoms with E-state index in [1.165, 1.54) is 19.4 Å². The molecule has 3 saturated carbocycles. The van der Waals surface area contributed by atoms with Crippen LogP contribution in [0.3, 0.4) is 0 Å². The van der Waals surface area contributed by atoms with Crippen LogP contribution < -0.4 is 0 Å². The van der Waals surface area contributed by atoms with E-state index in [0.29, 0.717) is 37.0 Å². The molecule has 0 bridgehead atoms. The quantitative estimate of drug-likeness (QED) is 0.0941. The molecule has 6 heterocycles. The summed E-state index contributed by atoms with van der Waals surface area (Å²) in [6.07, 6.45) is -23.7. The van der Waals surface area contributed by atoms with Gasteiger partial charge < -0.3 is 114 Å². The standard InChI is InChI=1S/C51H82O23/c1-18-13-30(70-44(18)73-47-40(62)37(59)34(56)28(16-52)68-47)51(64)19(2)31-27(74-51)15-26-24-8-7-22-14-23(9-11-49(22,5)25(24)10-12-50(26,31)6)67-48-43(72-46-39(61)36(58)33(55)21(4)66-46)41(63)42(29(17-53)69-48)71-45-38(60)35(57)32(54)20(3)65-45/h7,18-21,23-48,52-64H,8-17H2,1-6H3. The first-order valence-corrected chi connectivity index (χ1v) is 27.0. The summed E-state index contributed by atoms with van der Waals surface area (Å²) in [6.45, 7) is 10.3. The Morgan fingerprint density at radius 2 is 1.15 bits per heavy atom. The average Bonchev–Trinajstić information content (AvgIpc) is 3.99. The maximum absolute atomic E-state index is 12.5. The van der Waals surface area contributed by atoms with Crippen molar-refractivity contribution in [2.45, 2.75) is 246 Å². The SMILES string of the molecule is CC1CC(C2(O)OC3CC4C5CC=C6CC(OC7OC(CO)C(OC8OC(C)C(O)C(O)C8O)C(O)C7OC7OC(C)C(O)C(O)C7O)CCC6(C)C5CCC4(C)C3C2C)OC1OC1OC(CO)C(O)C(O)C1O. The lowest BCUT2D eigenvalue weighted by atomic mass is 9.47. The molecule has 0 spiro atoms. The lowest BCUT2D eigenvalue weighted by Gasteiger charge is -2.58. The number of aliphatic hydroxyl groups excluding tert-OH is 12. The molecule has 0 radical (unpaired) electrons. The maximum Gasteiger partial charge on any atom is 0.195 e. The molecule has 13 N–H and O–H groups in total. The predicted octanol–water partition coefficient (Wildman–Crippen LogP) is -2.64. The zero-order chi connectivity index (χ0) is 53.2. The first-order chi connectivity index (χ1) is 34.9. The number of allylic oxidation sites excluding steroid dienone is 1. The first-order valence-electron chi connectivity index (χ1n) is 27.0. The number of hydrogen-bond donors (Lipinski definition) is 13. The minimum Gasteiger partial charge on any atom is -0.394 e. The van der Waals surface area contributed by atoms with Gasteiger partial charge in [-0.2, -0.15) is 0 Å². The van der Waals surface area contributed by atoms with Crippen LogP contribution >= 0.6 is 0 Å². The average molecular weight is 1060 g/mol. The predicted molar refractivity (Wildman–Crippen MR) is 248 cm³/mol. The highest BCUT2D eigenvalue weighted by atomic mass is 16.8. The van der Waals surface area contributed by atoms with Crippen molar-refractivity contribution in [2.24, 2.45) is 46.3 Å². The van der Waals surface area contributed by atoms with Crippen LogP contribution in [0.4, 0.5) is 0 Å². The Labute approximate surface area is 430 Å². The zero-order valence-electron chi connectivity index (χ0n) is 42.9. The Hall–Kier alpha value is -1.18. The third-order valence-electron chi connectivity index (χ3n) is 19.9. The fourth-order valence-electron chi connectivity index (χ4n) is 15.5. The Balaban J connectivity index is 0.813. The highest BCUT2D eigenvalue weighted by Gasteiger charge is 2.70. The molecule has 4 aliphatic carbocycles. The highest BCUT2D eigenvalue weighted by molar-refractivity contribution is 5.27. The number of hydrogen-bond acceptors (Lipinski definition) is 23. The second-order valence-corrected chi connectivity index (χ2v) is 24.1. The molecule has 424 valence electrons. The van der Waals surface area contributed by atoms with Crippen LogP contribution in [-0.2, 0) is 47.4 Å². The number of aliphatic hydroxyl groups is 13. The van der Waals surface area contributed by atoms with Gasteiger partial charge >= 0.3 is 0 Å². The molecule has 10 aliphatic rings. The molecule has 9 fully saturated rings. The van der Waals surface area contributed by atoms with Crippen LogP contribution in [0.5, 0.6) is 0 Å². The number of rotatable bonds is 11. The van der Waals surface area contributed by atoms with E-state index in [0.717, 1.165) is 32.1 Å². The minimum absolute atomic E-state index is 0.0406. The van der Waals surface area contributed by atoms with E-state index >= 15 is 0 Å². The van der Waals surface area contributed by atoms with Crippen LogP contribution in [0.15, 0.2) is 11.6 Å². The van der Waals surface area contributed by atoms with E-state index in [1.54, 1.807) is 0 Å². The normalized spacial score (nSPS) is 58.6. The molecule has 33 atom stereocenters. The van der Waals surface area contributed by atoms with E-state index < -0.39 is 160 Å². The van der Waals surface area contributed by atoms with Crippen molar-refractivity contribution >= 4 is 0 Å². The monoisotopic (exact) mass is 1060 g/mol. The maximum atomic E-state index is 12.5. The molecule has 0 aromatic carbocycles. The first kappa shape index (κ1) is 56.1. The largest absolute Gasteiger partial charge is 0.394 e. The molecule has 0 aromatic rings. The summed E-state index contributed by atoms with van der Waals surface area (Å²) in [5, 5.41) is 140. The molecule has 0 aromatic heterocycles. The lowest BCUT2D eigenvalue weighted by molar-refractivity contribution is -0.388. The molecule has 74 heavy (non-hydrogen) atoms. The van der Waals surface area contributed by atoms with Crippen molar-refractivity contribution in [3.8, 4) is 0 Å². The van der Waals surface area contributed by atoms with Gasteiger partial charge in [-0.1, -0.05) is 39.3 Å². The summed E-state index contributed by atoms with van der Waals surface area (Å²) in [4.78, 5) is 0. The smallest absolute Gasteiger partial charge is 0.195 e. The van der Waals surface area contributed by atoms with Crippen LogP contribution in [0.2, 0.25) is 0 Å². The summed E-state index contributed by atoms with van der Waals surface area (Å²) in [5.41, 5.74) is 0.931. The zero-order valence-corrected chi connectivity index (χ0v) is 42.9. The van der Waals surface area contributed by atoms with Crippen molar-refractivity contribution in [2.75, 3.05) is 13.2 Å². The minimum atomic E-state index is -1.76. The van der Waals surface area contributed by atoms with Gasteiger partial charge in [-0.15, -0.1) is 0 Å². The van der Waals surface area contributed by atoms with Crippen LogP contribution in [-0.4, -0.2) is 233 Å². The Morgan fingerprint density at radius 3 is 1.77 bits per heavy atom. The van der Waals surface area contributed by atoms with E-state index in [-0.39, 0.29) is 34.7 Å². The number of fused-ring (bicyclic) bond motifs is 7. The fourth-order valence-corrected chi connectivity index (χ4v) is 15.5. The van der Waals surface area contributed by atoms with Gasteiger partial charge in [-0.25, -0.2) is 0 Å². The molecule has 33 unspecified atom stereocenters. The summed E-state index contributed by atoms with van der Waals surface area (Å²) in [5.74, 6) is -1.12. The molecular formula is C51H82O23. The van der Waals surface area contributed by atoms with Crippen molar-refractivity contribution in [3.63, 3.8) is 0 Å². The second kappa shape index (κ2) is 21.0. The molecule has 6 saturated heterocycles. The Bertz CT molecular complexity index is 1990. The topological polar surface area (TPSA) is 355 Å². The summed E-state index contributed by atoms with van der Waals surface area (Å²) in [6, 6.07) is 0.